The van der Waals surface area contributed by atoms with Gasteiger partial charge in [0.2, 0.25) is 0 Å². The van der Waals surface area contributed by atoms with Crippen LogP contribution >= 0.6 is 0 Å². The molecule has 2 N–H and O–H groups in total. The third kappa shape index (κ3) is 11.3. The van der Waals surface area contributed by atoms with Crippen LogP contribution in [-0.4, -0.2) is 146 Å². The minimum Gasteiger partial charge on any atom is -0.462 e. The van der Waals surface area contributed by atoms with E-state index in [0.717, 1.165) is 25.0 Å². The highest BCUT2D eigenvalue weighted by molar-refractivity contribution is 5.78. The Morgan fingerprint density at radius 1 is 0.914 bits per heavy atom. The molecular formula is C56H83NO13. The average molecular weight is 978 g/mol. The first-order valence-corrected chi connectivity index (χ1v) is 26.2. The molecule has 20 atom stereocenters. The van der Waals surface area contributed by atoms with E-state index in [1.54, 1.807) is 33.3 Å². The summed E-state index contributed by atoms with van der Waals surface area (Å²) < 4.78 is 65.9. The summed E-state index contributed by atoms with van der Waals surface area (Å²) in [4.78, 5) is 16.7. The summed E-state index contributed by atoms with van der Waals surface area (Å²) >= 11 is 0. The summed E-state index contributed by atoms with van der Waals surface area (Å²) in [6.45, 7) is 17.5. The van der Waals surface area contributed by atoms with Crippen molar-refractivity contribution in [2.75, 3.05) is 27.9 Å². The van der Waals surface area contributed by atoms with E-state index in [1.807, 2.05) is 25.1 Å². The molecule has 5 saturated heterocycles. The molecule has 5 unspecified atom stereocenters. The van der Waals surface area contributed by atoms with Gasteiger partial charge < -0.3 is 57.6 Å². The maximum Gasteiger partial charge on any atom is 0.316 e. The van der Waals surface area contributed by atoms with Gasteiger partial charge in [-0.2, -0.15) is 0 Å². The Labute approximate surface area is 417 Å². The molecule has 0 saturated carbocycles. The summed E-state index contributed by atoms with van der Waals surface area (Å²) in [5.41, 5.74) is 1.45. The first-order chi connectivity index (χ1) is 33.5. The van der Waals surface area contributed by atoms with Gasteiger partial charge in [0.25, 0.3) is 0 Å². The Kier molecular flexibility index (Phi) is 17.4. The Morgan fingerprint density at radius 3 is 2.36 bits per heavy atom. The second-order valence-corrected chi connectivity index (χ2v) is 21.8. The molecule has 1 aliphatic carbocycles. The fourth-order valence-electron chi connectivity index (χ4n) is 12.6. The van der Waals surface area contributed by atoms with E-state index in [9.17, 15) is 15.0 Å². The average Bonchev–Trinajstić information content (AvgIpc) is 3.68. The van der Waals surface area contributed by atoms with Crippen molar-refractivity contribution in [3.05, 3.63) is 83.0 Å². The van der Waals surface area contributed by atoms with Gasteiger partial charge in [0.05, 0.1) is 55.4 Å². The molecular weight excluding hydrogens is 895 g/mol. The summed E-state index contributed by atoms with van der Waals surface area (Å²) in [6, 6.07) is 10.4. The molecule has 70 heavy (non-hydrogen) atoms. The van der Waals surface area contributed by atoms with Gasteiger partial charge in [0, 0.05) is 58.8 Å². The molecule has 0 radical (unpaired) electrons. The molecule has 7 aliphatic rings. The topological polar surface area (TPSA) is 153 Å². The van der Waals surface area contributed by atoms with Crippen molar-refractivity contribution in [3.8, 4) is 0 Å². The van der Waals surface area contributed by atoms with Crippen LogP contribution in [0.2, 0.25) is 0 Å². The number of carbonyl (C=O) groups is 1. The summed E-state index contributed by atoms with van der Waals surface area (Å²) in [7, 11) is 5.57. The number of benzene rings is 1. The molecule has 1 aromatic carbocycles. The molecule has 8 rings (SSSR count). The highest BCUT2D eigenvalue weighted by Crippen LogP contribution is 2.48. The van der Waals surface area contributed by atoms with Crippen LogP contribution in [0.5, 0.6) is 0 Å². The predicted octanol–water partition coefficient (Wildman–Crippen LogP) is 7.74. The minimum atomic E-state index is -1.82. The van der Waals surface area contributed by atoms with E-state index in [2.05, 4.69) is 83.8 Å². The third-order valence-corrected chi connectivity index (χ3v) is 16.7. The first-order valence-electron chi connectivity index (χ1n) is 26.2. The zero-order valence-corrected chi connectivity index (χ0v) is 43.6. The van der Waals surface area contributed by atoms with E-state index < -0.39 is 72.5 Å². The minimum absolute atomic E-state index is 0.00556. The van der Waals surface area contributed by atoms with E-state index in [1.165, 1.54) is 5.56 Å². The van der Waals surface area contributed by atoms with Crippen LogP contribution in [0.25, 0.3) is 0 Å². The molecule has 14 heteroatoms. The number of hydrogen-bond donors (Lipinski definition) is 2. The van der Waals surface area contributed by atoms with Gasteiger partial charge in [-0.1, -0.05) is 94.8 Å². The number of methoxy groups -OCH3 is 2. The van der Waals surface area contributed by atoms with Crippen LogP contribution in [-0.2, 0) is 58.7 Å². The Morgan fingerprint density at radius 2 is 1.63 bits per heavy atom. The fourth-order valence-corrected chi connectivity index (χ4v) is 12.6. The smallest absolute Gasteiger partial charge is 0.316 e. The number of fused-ring (bicyclic) bond motifs is 2. The summed E-state index contributed by atoms with van der Waals surface area (Å²) in [5.74, 6) is -2.08. The van der Waals surface area contributed by atoms with Crippen molar-refractivity contribution < 1.29 is 62.4 Å². The molecule has 5 fully saturated rings. The van der Waals surface area contributed by atoms with Crippen LogP contribution in [0.15, 0.2) is 77.4 Å². The maximum atomic E-state index is 14.4. The summed E-state index contributed by atoms with van der Waals surface area (Å²) in [5, 5.41) is 23.9. The standard InChI is InChI=1S/C56H83NO13/c1-12-32(2)51-35(5)23-24-55(70-51)29-42-26-41(69-55)22-21-34(4)50(33(3)17-16-20-40-31-63-53-49(58)36(6)25-43(54(59)66-42)56(40,53)60)67-47-28-45(62-11)52(38(8)65-47)68-46-27-44(61-10)48(37(7)64-46)57(9)30-39-18-14-13-15-19-39/h13-21,25,32-33,35,37-38,41-53,58,60H,12,22-24,26-31H2,1-11H3/b17-16+,34-21+,40-20+/t32?,33-,35-,37-,38-,41?,42?,43-,44-,45-,46-,47-,48+,49+,50-,51+,52-,53?,55?,56+/m0/s1. The highest BCUT2D eigenvalue weighted by atomic mass is 16.7. The number of esters is 1. The van der Waals surface area contributed by atoms with E-state index in [-0.39, 0.29) is 49.1 Å². The number of ether oxygens (including phenoxy) is 10. The number of aliphatic hydroxyl groups excluding tert-OH is 1. The van der Waals surface area contributed by atoms with Crippen molar-refractivity contribution in [1.29, 1.82) is 0 Å². The van der Waals surface area contributed by atoms with Gasteiger partial charge >= 0.3 is 5.97 Å². The molecule has 0 amide bonds. The highest BCUT2D eigenvalue weighted by Gasteiger charge is 2.60. The van der Waals surface area contributed by atoms with Crippen molar-refractivity contribution in [3.63, 3.8) is 0 Å². The normalized spacial score (nSPS) is 45.1. The molecule has 6 aliphatic heterocycles. The van der Waals surface area contributed by atoms with Crippen LogP contribution in [0.1, 0.15) is 112 Å². The van der Waals surface area contributed by atoms with Gasteiger partial charge in [-0.3, -0.25) is 9.69 Å². The number of aliphatic hydroxyl groups is 2. The number of carbonyl (C=O) groups excluding carboxylic acids is 1. The number of nitrogens with zero attached hydrogens (tertiary/aromatic N) is 1. The van der Waals surface area contributed by atoms with E-state index in [0.29, 0.717) is 61.5 Å². The van der Waals surface area contributed by atoms with Gasteiger partial charge in [0.15, 0.2) is 18.4 Å². The molecule has 390 valence electrons. The SMILES string of the molecule is CCC(C)[C@H]1OC2(CC[C@@H]1C)CC1CC(C/C=C(\C)[C@@H](O[C@H]3C[C@H](OC)[C@@H](O[C@H]4C[C@H](OC)[C@H](N(C)Cc5ccccc5)[C@H](C)O4)[C@H](C)O3)[C@@H](C)/C=C/C=C3\COC4[C@H](O)C(C)=C[C@@H](C(=O)O1)[C@]34O)O2. The monoisotopic (exact) mass is 978 g/mol. The quantitative estimate of drug-likeness (QED) is 0.164. The van der Waals surface area contributed by atoms with E-state index >= 15 is 0 Å². The molecule has 2 bridgehead atoms. The zero-order chi connectivity index (χ0) is 50.1. The van der Waals surface area contributed by atoms with Crippen LogP contribution in [0.3, 0.4) is 0 Å². The maximum absolute atomic E-state index is 14.4. The molecule has 1 aromatic rings. The van der Waals surface area contributed by atoms with Crippen LogP contribution in [0, 0.1) is 23.7 Å². The number of hydrogen-bond acceptors (Lipinski definition) is 14. The van der Waals surface area contributed by atoms with Gasteiger partial charge in [-0.15, -0.1) is 0 Å². The van der Waals surface area contributed by atoms with Crippen LogP contribution in [0.4, 0.5) is 0 Å². The number of likely N-dealkylation sites (N-methyl/N-ethyl adjacent to an activating group) is 1. The molecule has 1 spiro atoms. The molecule has 6 heterocycles. The van der Waals surface area contributed by atoms with Crippen molar-refractivity contribution in [2.24, 2.45) is 23.7 Å². The summed E-state index contributed by atoms with van der Waals surface area (Å²) in [6.07, 6.45) is 8.44. The van der Waals surface area contributed by atoms with Gasteiger partial charge in [0.1, 0.15) is 35.9 Å². The second-order valence-electron chi connectivity index (χ2n) is 21.8. The second kappa shape index (κ2) is 22.7. The Bertz CT molecular complexity index is 2040. The molecule has 0 aromatic heterocycles. The van der Waals surface area contributed by atoms with Crippen molar-refractivity contribution >= 4 is 5.97 Å². The number of rotatable bonds is 11. The van der Waals surface area contributed by atoms with Gasteiger partial charge in [-0.25, -0.2) is 0 Å². The van der Waals surface area contributed by atoms with Crippen molar-refractivity contribution in [2.45, 2.75) is 210 Å². The zero-order valence-electron chi connectivity index (χ0n) is 43.6. The van der Waals surface area contributed by atoms with Gasteiger partial charge in [-0.05, 0) is 81.7 Å². The van der Waals surface area contributed by atoms with E-state index in [4.69, 9.17) is 47.4 Å². The Balaban J connectivity index is 1.03. The lowest BCUT2D eigenvalue weighted by atomic mass is 9.71. The first kappa shape index (κ1) is 53.5. The third-order valence-electron chi connectivity index (χ3n) is 16.7. The lowest BCUT2D eigenvalue weighted by molar-refractivity contribution is -0.340. The number of allylic oxidation sites excluding steroid dienone is 2. The fraction of sp³-hybridized carbons (Fsp3) is 0.732. The largest absolute Gasteiger partial charge is 0.462 e. The van der Waals surface area contributed by atoms with Crippen LogP contribution < -0.4 is 0 Å². The lowest BCUT2D eigenvalue weighted by Crippen LogP contribution is -2.58. The van der Waals surface area contributed by atoms with Crippen molar-refractivity contribution in [1.82, 2.24) is 4.90 Å². The lowest BCUT2D eigenvalue weighted by Gasteiger charge is -2.51. The Hall–Kier alpha value is -2.83. The predicted molar refractivity (Wildman–Crippen MR) is 263 cm³/mol. The molecule has 14 nitrogen and oxygen atoms in total.